The molecule has 0 fully saturated rings. The first-order valence-corrected chi connectivity index (χ1v) is 7.51. The molecule has 1 N–H and O–H groups in total. The van der Waals surface area contributed by atoms with Gasteiger partial charge in [-0.05, 0) is 47.5 Å². The number of para-hydroxylation sites is 1. The molecule has 0 saturated carbocycles. The van der Waals surface area contributed by atoms with Crippen LogP contribution in [0.15, 0.2) is 90.0 Å². The minimum absolute atomic E-state index is 0.256. The molecule has 0 spiro atoms. The molecule has 0 aliphatic heterocycles. The van der Waals surface area contributed by atoms with Gasteiger partial charge in [0.15, 0.2) is 0 Å². The second-order valence-corrected chi connectivity index (χ2v) is 5.21. The van der Waals surface area contributed by atoms with E-state index in [2.05, 4.69) is 17.2 Å². The van der Waals surface area contributed by atoms with E-state index in [-0.39, 0.29) is 5.75 Å². The van der Waals surface area contributed by atoms with Crippen molar-refractivity contribution in [2.24, 2.45) is 5.10 Å². The highest BCUT2D eigenvalue weighted by molar-refractivity contribution is 5.80. The van der Waals surface area contributed by atoms with E-state index in [1.54, 1.807) is 18.3 Å². The lowest BCUT2D eigenvalue weighted by molar-refractivity contribution is 0.475. The molecule has 0 saturated heterocycles. The molecule has 0 amide bonds. The zero-order chi connectivity index (χ0) is 15.9. The lowest BCUT2D eigenvalue weighted by Gasteiger charge is -2.19. The van der Waals surface area contributed by atoms with Crippen LogP contribution in [0.3, 0.4) is 0 Å². The normalized spacial score (nSPS) is 10.8. The van der Waals surface area contributed by atoms with E-state index in [9.17, 15) is 5.11 Å². The Kier molecular flexibility index (Phi) is 4.69. The maximum atomic E-state index is 9.35. The smallest absolute Gasteiger partial charge is 0.115 e. The molecular weight excluding hydrogens is 284 g/mol. The van der Waals surface area contributed by atoms with Crippen molar-refractivity contribution in [3.8, 4) is 5.75 Å². The van der Waals surface area contributed by atoms with Crippen molar-refractivity contribution in [3.05, 3.63) is 96.1 Å². The molecule has 0 heterocycles. The van der Waals surface area contributed by atoms with Gasteiger partial charge in [0, 0.05) is 0 Å². The van der Waals surface area contributed by atoms with Crippen molar-refractivity contribution < 1.29 is 5.11 Å². The molecular formula is C20H18N2O. The number of hydrogen-bond donors (Lipinski definition) is 1. The van der Waals surface area contributed by atoms with Crippen molar-refractivity contribution in [1.82, 2.24) is 0 Å². The Balaban J connectivity index is 1.84. The van der Waals surface area contributed by atoms with Gasteiger partial charge in [-0.15, -0.1) is 0 Å². The molecule has 114 valence electrons. The van der Waals surface area contributed by atoms with Crippen LogP contribution in [0.1, 0.15) is 11.1 Å². The zero-order valence-electron chi connectivity index (χ0n) is 12.7. The summed E-state index contributed by atoms with van der Waals surface area (Å²) in [5, 5.41) is 15.9. The number of phenolic OH excluding ortho intramolecular Hbond substituents is 1. The molecule has 0 bridgehead atoms. The van der Waals surface area contributed by atoms with Gasteiger partial charge in [0.05, 0.1) is 18.4 Å². The van der Waals surface area contributed by atoms with Crippen LogP contribution >= 0.6 is 0 Å². The SMILES string of the molecule is Oc1ccc(/C=N/N(Cc2ccccc2)c2ccccc2)cc1. The molecule has 3 heteroatoms. The Labute approximate surface area is 136 Å². The summed E-state index contributed by atoms with van der Waals surface area (Å²) in [5.74, 6) is 0.256. The van der Waals surface area contributed by atoms with E-state index >= 15 is 0 Å². The quantitative estimate of drug-likeness (QED) is 0.559. The summed E-state index contributed by atoms with van der Waals surface area (Å²) >= 11 is 0. The average molecular weight is 302 g/mol. The highest BCUT2D eigenvalue weighted by Gasteiger charge is 2.05. The third kappa shape index (κ3) is 4.20. The highest BCUT2D eigenvalue weighted by Crippen LogP contribution is 2.17. The van der Waals surface area contributed by atoms with Crippen LogP contribution in [0.25, 0.3) is 0 Å². The van der Waals surface area contributed by atoms with Crippen LogP contribution in [-0.2, 0) is 6.54 Å². The van der Waals surface area contributed by atoms with Crippen LogP contribution in [0.5, 0.6) is 5.75 Å². The standard InChI is InChI=1S/C20H18N2O/c23-20-13-11-17(12-14-20)15-21-22(19-9-5-2-6-10-19)16-18-7-3-1-4-8-18/h1-15,23H,16H2/b21-15+. The van der Waals surface area contributed by atoms with Crippen LogP contribution in [0.2, 0.25) is 0 Å². The first kappa shape index (κ1) is 14.9. The number of rotatable bonds is 5. The summed E-state index contributed by atoms with van der Waals surface area (Å²) in [7, 11) is 0. The van der Waals surface area contributed by atoms with Gasteiger partial charge in [0.25, 0.3) is 0 Å². The molecule has 3 aromatic carbocycles. The number of hydrazone groups is 1. The lowest BCUT2D eigenvalue weighted by atomic mass is 10.2. The number of hydrogen-bond acceptors (Lipinski definition) is 3. The molecule has 3 aromatic rings. The van der Waals surface area contributed by atoms with Gasteiger partial charge in [0.2, 0.25) is 0 Å². The molecule has 0 radical (unpaired) electrons. The minimum Gasteiger partial charge on any atom is -0.508 e. The summed E-state index contributed by atoms with van der Waals surface area (Å²) < 4.78 is 0. The maximum Gasteiger partial charge on any atom is 0.115 e. The molecule has 3 rings (SSSR count). The summed E-state index contributed by atoms with van der Waals surface area (Å²) in [6.07, 6.45) is 1.80. The topological polar surface area (TPSA) is 35.8 Å². The van der Waals surface area contributed by atoms with Crippen molar-refractivity contribution >= 4 is 11.9 Å². The predicted octanol–water partition coefficient (Wildman–Crippen LogP) is 4.43. The number of anilines is 1. The Hall–Kier alpha value is -3.07. The van der Waals surface area contributed by atoms with E-state index in [1.807, 2.05) is 65.7 Å². The maximum absolute atomic E-state index is 9.35. The lowest BCUT2D eigenvalue weighted by Crippen LogP contribution is -2.15. The van der Waals surface area contributed by atoms with E-state index < -0.39 is 0 Å². The first-order valence-electron chi connectivity index (χ1n) is 7.51. The fraction of sp³-hybridized carbons (Fsp3) is 0.0500. The van der Waals surface area contributed by atoms with E-state index in [0.29, 0.717) is 6.54 Å². The van der Waals surface area contributed by atoms with E-state index in [4.69, 9.17) is 0 Å². The number of nitrogens with zero attached hydrogens (tertiary/aromatic N) is 2. The largest absolute Gasteiger partial charge is 0.508 e. The van der Waals surface area contributed by atoms with Crippen molar-refractivity contribution in [2.75, 3.05) is 5.01 Å². The third-order valence-corrected chi connectivity index (χ3v) is 3.47. The van der Waals surface area contributed by atoms with Gasteiger partial charge < -0.3 is 5.11 Å². The average Bonchev–Trinajstić information content (AvgIpc) is 2.61. The van der Waals surface area contributed by atoms with Crippen molar-refractivity contribution in [1.29, 1.82) is 0 Å². The van der Waals surface area contributed by atoms with Gasteiger partial charge in [-0.1, -0.05) is 48.5 Å². The Morgan fingerprint density at radius 1 is 0.783 bits per heavy atom. The molecule has 0 aliphatic rings. The monoisotopic (exact) mass is 302 g/mol. The summed E-state index contributed by atoms with van der Waals surface area (Å²) in [4.78, 5) is 0. The number of phenols is 1. The third-order valence-electron chi connectivity index (χ3n) is 3.47. The van der Waals surface area contributed by atoms with Crippen LogP contribution in [0.4, 0.5) is 5.69 Å². The fourth-order valence-electron chi connectivity index (χ4n) is 2.25. The van der Waals surface area contributed by atoms with Crippen LogP contribution in [-0.4, -0.2) is 11.3 Å². The second-order valence-electron chi connectivity index (χ2n) is 5.21. The zero-order valence-corrected chi connectivity index (χ0v) is 12.7. The van der Waals surface area contributed by atoms with E-state index in [1.165, 1.54) is 5.56 Å². The molecule has 3 nitrogen and oxygen atoms in total. The van der Waals surface area contributed by atoms with Gasteiger partial charge in [-0.2, -0.15) is 5.10 Å². The highest BCUT2D eigenvalue weighted by atomic mass is 16.3. The van der Waals surface area contributed by atoms with E-state index in [0.717, 1.165) is 11.3 Å². The summed E-state index contributed by atoms with van der Waals surface area (Å²) in [6, 6.07) is 27.3. The van der Waals surface area contributed by atoms with Gasteiger partial charge in [-0.25, -0.2) is 0 Å². The second kappa shape index (κ2) is 7.27. The van der Waals surface area contributed by atoms with Crippen LogP contribution in [0, 0.1) is 0 Å². The molecule has 0 atom stereocenters. The molecule has 23 heavy (non-hydrogen) atoms. The van der Waals surface area contributed by atoms with Crippen LogP contribution < -0.4 is 5.01 Å². The van der Waals surface area contributed by atoms with Crippen molar-refractivity contribution in [3.63, 3.8) is 0 Å². The summed E-state index contributed by atoms with van der Waals surface area (Å²) in [5.41, 5.74) is 3.17. The number of aromatic hydroxyl groups is 1. The predicted molar refractivity (Wildman–Crippen MR) is 94.8 cm³/mol. The molecule has 0 unspecified atom stereocenters. The van der Waals surface area contributed by atoms with Gasteiger partial charge >= 0.3 is 0 Å². The Bertz CT molecular complexity index is 753. The Morgan fingerprint density at radius 2 is 1.39 bits per heavy atom. The minimum atomic E-state index is 0.256. The molecule has 0 aliphatic carbocycles. The fourth-order valence-corrected chi connectivity index (χ4v) is 2.25. The Morgan fingerprint density at radius 3 is 2.04 bits per heavy atom. The summed E-state index contributed by atoms with van der Waals surface area (Å²) in [6.45, 7) is 0.694. The molecule has 0 aromatic heterocycles. The van der Waals surface area contributed by atoms with Gasteiger partial charge in [0.1, 0.15) is 5.75 Å². The van der Waals surface area contributed by atoms with Crippen molar-refractivity contribution in [2.45, 2.75) is 6.54 Å². The first-order chi connectivity index (χ1) is 11.3. The van der Waals surface area contributed by atoms with Gasteiger partial charge in [-0.3, -0.25) is 5.01 Å². The number of benzene rings is 3.